The predicted molar refractivity (Wildman–Crippen MR) is 72.0 cm³/mol. The van der Waals surface area contributed by atoms with E-state index in [0.29, 0.717) is 31.0 Å². The molecule has 0 heterocycles. The van der Waals surface area contributed by atoms with Crippen LogP contribution in [0.25, 0.3) is 0 Å². The van der Waals surface area contributed by atoms with Crippen LogP contribution in [0.2, 0.25) is 0 Å². The fraction of sp³-hybridized carbons (Fsp3) is 0.417. The first-order valence-corrected chi connectivity index (χ1v) is 6.23. The SMILES string of the molecule is CCOCCN(C)C(=O)c1cc(N)ccc1Br. The van der Waals surface area contributed by atoms with Gasteiger partial charge in [0.15, 0.2) is 0 Å². The number of nitrogens with zero attached hydrogens (tertiary/aromatic N) is 1. The molecule has 0 fully saturated rings. The average molecular weight is 301 g/mol. The van der Waals surface area contributed by atoms with Crippen LogP contribution in [0, 0.1) is 0 Å². The Kier molecular flexibility index (Phi) is 5.44. The summed E-state index contributed by atoms with van der Waals surface area (Å²) in [6.45, 7) is 3.69. The Morgan fingerprint density at radius 2 is 2.24 bits per heavy atom. The largest absolute Gasteiger partial charge is 0.399 e. The summed E-state index contributed by atoms with van der Waals surface area (Å²) < 4.78 is 5.96. The zero-order chi connectivity index (χ0) is 12.8. The first-order chi connectivity index (χ1) is 8.06. The van der Waals surface area contributed by atoms with Crippen LogP contribution >= 0.6 is 15.9 Å². The molecule has 0 aliphatic carbocycles. The first-order valence-electron chi connectivity index (χ1n) is 5.44. The number of nitrogens with two attached hydrogens (primary N) is 1. The second-order valence-electron chi connectivity index (χ2n) is 3.66. The van der Waals surface area contributed by atoms with E-state index in [0.717, 1.165) is 4.47 Å². The van der Waals surface area contributed by atoms with Crippen molar-refractivity contribution >= 4 is 27.5 Å². The molecule has 1 amide bonds. The average Bonchev–Trinajstić information content (AvgIpc) is 2.31. The molecule has 0 saturated heterocycles. The Labute approximate surface area is 110 Å². The van der Waals surface area contributed by atoms with Gasteiger partial charge in [0.05, 0.1) is 12.2 Å². The van der Waals surface area contributed by atoms with Crippen molar-refractivity contribution in [3.05, 3.63) is 28.2 Å². The monoisotopic (exact) mass is 300 g/mol. The molecule has 1 aromatic rings. The number of carbonyl (C=O) groups is 1. The van der Waals surface area contributed by atoms with E-state index in [9.17, 15) is 4.79 Å². The molecular formula is C12H17BrN2O2. The minimum absolute atomic E-state index is 0.0659. The number of likely N-dealkylation sites (N-methyl/N-ethyl adjacent to an activating group) is 1. The molecule has 0 aromatic heterocycles. The zero-order valence-electron chi connectivity index (χ0n) is 10.1. The molecule has 0 saturated carbocycles. The van der Waals surface area contributed by atoms with Crippen LogP contribution in [0.1, 0.15) is 17.3 Å². The lowest BCUT2D eigenvalue weighted by molar-refractivity contribution is 0.0709. The fourth-order valence-corrected chi connectivity index (χ4v) is 1.78. The number of halogens is 1. The standard InChI is InChI=1S/C12H17BrN2O2/c1-3-17-7-6-15(2)12(16)10-8-9(14)4-5-11(10)13/h4-5,8H,3,6-7,14H2,1-2H3. The molecule has 94 valence electrons. The molecule has 1 rings (SSSR count). The van der Waals surface area contributed by atoms with Crippen LogP contribution in [-0.4, -0.2) is 37.6 Å². The van der Waals surface area contributed by atoms with E-state index < -0.39 is 0 Å². The van der Waals surface area contributed by atoms with Crippen molar-refractivity contribution in [3.8, 4) is 0 Å². The van der Waals surface area contributed by atoms with Crippen molar-refractivity contribution in [2.24, 2.45) is 0 Å². The molecule has 1 aromatic carbocycles. The van der Waals surface area contributed by atoms with Gasteiger partial charge in [-0.25, -0.2) is 0 Å². The highest BCUT2D eigenvalue weighted by molar-refractivity contribution is 9.10. The van der Waals surface area contributed by atoms with Gasteiger partial charge in [0.1, 0.15) is 0 Å². The zero-order valence-corrected chi connectivity index (χ0v) is 11.7. The molecule has 17 heavy (non-hydrogen) atoms. The maximum atomic E-state index is 12.1. The number of amides is 1. The van der Waals surface area contributed by atoms with Crippen LogP contribution in [-0.2, 0) is 4.74 Å². The second-order valence-corrected chi connectivity index (χ2v) is 4.52. The minimum Gasteiger partial charge on any atom is -0.399 e. The van der Waals surface area contributed by atoms with E-state index >= 15 is 0 Å². The summed E-state index contributed by atoms with van der Waals surface area (Å²) in [6, 6.07) is 5.20. The fourth-order valence-electron chi connectivity index (χ4n) is 1.36. The summed E-state index contributed by atoms with van der Waals surface area (Å²) in [5.41, 5.74) is 6.82. The van der Waals surface area contributed by atoms with Crippen molar-refractivity contribution in [1.82, 2.24) is 4.90 Å². The number of hydrogen-bond acceptors (Lipinski definition) is 3. The predicted octanol–water partition coefficient (Wildman–Crippen LogP) is 2.14. The molecule has 0 radical (unpaired) electrons. The van der Waals surface area contributed by atoms with E-state index in [1.165, 1.54) is 0 Å². The normalized spacial score (nSPS) is 10.3. The van der Waals surface area contributed by atoms with Crippen molar-refractivity contribution < 1.29 is 9.53 Å². The van der Waals surface area contributed by atoms with E-state index in [-0.39, 0.29) is 5.91 Å². The summed E-state index contributed by atoms with van der Waals surface area (Å²) in [7, 11) is 1.75. The summed E-state index contributed by atoms with van der Waals surface area (Å²) in [5, 5.41) is 0. The highest BCUT2D eigenvalue weighted by Crippen LogP contribution is 2.20. The van der Waals surface area contributed by atoms with E-state index in [4.69, 9.17) is 10.5 Å². The third-order valence-electron chi connectivity index (χ3n) is 2.34. The van der Waals surface area contributed by atoms with Crippen LogP contribution in [0.4, 0.5) is 5.69 Å². The summed E-state index contributed by atoms with van der Waals surface area (Å²) >= 11 is 3.35. The van der Waals surface area contributed by atoms with E-state index in [2.05, 4.69) is 15.9 Å². The summed E-state index contributed by atoms with van der Waals surface area (Å²) in [5.74, 6) is -0.0659. The van der Waals surface area contributed by atoms with Gasteiger partial charge in [-0.1, -0.05) is 0 Å². The number of hydrogen-bond donors (Lipinski definition) is 1. The minimum atomic E-state index is -0.0659. The lowest BCUT2D eigenvalue weighted by atomic mass is 10.2. The van der Waals surface area contributed by atoms with Crippen LogP contribution in [0.15, 0.2) is 22.7 Å². The Bertz CT molecular complexity index is 396. The van der Waals surface area contributed by atoms with Gasteiger partial charge in [-0.15, -0.1) is 0 Å². The van der Waals surface area contributed by atoms with Gasteiger partial charge >= 0.3 is 0 Å². The smallest absolute Gasteiger partial charge is 0.254 e. The lowest BCUT2D eigenvalue weighted by Gasteiger charge is -2.18. The number of carbonyl (C=O) groups excluding carboxylic acids is 1. The van der Waals surface area contributed by atoms with Gasteiger partial charge < -0.3 is 15.4 Å². The molecule has 0 aliphatic rings. The molecule has 0 spiro atoms. The first kappa shape index (κ1) is 14.0. The van der Waals surface area contributed by atoms with Crippen molar-refractivity contribution in [1.29, 1.82) is 0 Å². The Morgan fingerprint density at radius 3 is 2.88 bits per heavy atom. The Hall–Kier alpha value is -1.07. The van der Waals surface area contributed by atoms with Gasteiger partial charge in [0.2, 0.25) is 0 Å². The van der Waals surface area contributed by atoms with Gasteiger partial charge in [0.25, 0.3) is 5.91 Å². The maximum absolute atomic E-state index is 12.1. The Morgan fingerprint density at radius 1 is 1.53 bits per heavy atom. The molecule has 0 bridgehead atoms. The van der Waals surface area contributed by atoms with Crippen molar-refractivity contribution in [3.63, 3.8) is 0 Å². The van der Waals surface area contributed by atoms with Crippen molar-refractivity contribution in [2.45, 2.75) is 6.92 Å². The van der Waals surface area contributed by atoms with E-state index in [1.807, 2.05) is 6.92 Å². The van der Waals surface area contributed by atoms with Crippen LogP contribution < -0.4 is 5.73 Å². The third kappa shape index (κ3) is 4.02. The third-order valence-corrected chi connectivity index (χ3v) is 3.03. The lowest BCUT2D eigenvalue weighted by Crippen LogP contribution is -2.30. The number of benzene rings is 1. The van der Waals surface area contributed by atoms with Gasteiger partial charge in [-0.3, -0.25) is 4.79 Å². The number of ether oxygens (including phenoxy) is 1. The molecule has 2 N–H and O–H groups in total. The maximum Gasteiger partial charge on any atom is 0.254 e. The van der Waals surface area contributed by atoms with Crippen LogP contribution in [0.3, 0.4) is 0 Å². The molecule has 0 aliphatic heterocycles. The van der Waals surface area contributed by atoms with Gasteiger partial charge in [-0.2, -0.15) is 0 Å². The molecule has 0 atom stereocenters. The highest BCUT2D eigenvalue weighted by Gasteiger charge is 2.14. The number of anilines is 1. The van der Waals surface area contributed by atoms with Crippen molar-refractivity contribution in [2.75, 3.05) is 32.5 Å². The second kappa shape index (κ2) is 6.61. The summed E-state index contributed by atoms with van der Waals surface area (Å²) in [4.78, 5) is 13.7. The molecular weight excluding hydrogens is 284 g/mol. The molecule has 0 unspecified atom stereocenters. The van der Waals surface area contributed by atoms with Gasteiger partial charge in [0, 0.05) is 30.4 Å². The topological polar surface area (TPSA) is 55.6 Å². The van der Waals surface area contributed by atoms with Gasteiger partial charge in [-0.05, 0) is 41.1 Å². The highest BCUT2D eigenvalue weighted by atomic mass is 79.9. The quantitative estimate of drug-likeness (QED) is 0.669. The Balaban J connectivity index is 2.71. The van der Waals surface area contributed by atoms with Crippen LogP contribution in [0.5, 0.6) is 0 Å². The molecule has 4 nitrogen and oxygen atoms in total. The van der Waals surface area contributed by atoms with E-state index in [1.54, 1.807) is 30.1 Å². The number of nitrogen functional groups attached to an aromatic ring is 1. The molecule has 5 heteroatoms. The summed E-state index contributed by atoms with van der Waals surface area (Å²) in [6.07, 6.45) is 0. The number of rotatable bonds is 5.